The van der Waals surface area contributed by atoms with E-state index in [2.05, 4.69) is 16.4 Å². The average molecular weight is 299 g/mol. The molecular weight excluding hydrogens is 274 g/mol. The monoisotopic (exact) mass is 299 g/mol. The molecule has 0 spiro atoms. The quantitative estimate of drug-likeness (QED) is 0.457. The number of hydrogen-bond donors (Lipinski definition) is 0. The van der Waals surface area contributed by atoms with Gasteiger partial charge in [0.15, 0.2) is 5.78 Å². The van der Waals surface area contributed by atoms with Gasteiger partial charge >= 0.3 is 0 Å². The predicted molar refractivity (Wildman–Crippen MR) is 92.4 cm³/mol. The number of hydrogen-bond acceptors (Lipinski definition) is 4. The van der Waals surface area contributed by atoms with Gasteiger partial charge in [0.1, 0.15) is 0 Å². The van der Waals surface area contributed by atoms with Crippen LogP contribution in [0, 0.1) is 0 Å². The Morgan fingerprint density at radius 2 is 1.82 bits per heavy atom. The van der Waals surface area contributed by atoms with Crippen LogP contribution in [0.5, 0.6) is 0 Å². The van der Waals surface area contributed by atoms with Gasteiger partial charge in [-0.1, -0.05) is 6.08 Å². The van der Waals surface area contributed by atoms with Crippen molar-refractivity contribution in [3.63, 3.8) is 0 Å². The second kappa shape index (κ2) is 7.80. The number of carbonyl (C=O) groups is 1. The molecule has 4 nitrogen and oxygen atoms in total. The summed E-state index contributed by atoms with van der Waals surface area (Å²) in [7, 11) is 3.98. The standard InChI is InChI=1S/C18H25N3O/c1-4-10-20-12-14-21(15-13-20)11-9-18(22)16-5-7-17(8-6-16)19(2)3/h4-9,11H,1,10,12-15H2,2-3H3. The number of piperazine rings is 1. The van der Waals surface area contributed by atoms with Gasteiger partial charge < -0.3 is 9.80 Å². The molecule has 1 aromatic carbocycles. The van der Waals surface area contributed by atoms with E-state index in [1.165, 1.54) is 0 Å². The molecule has 118 valence electrons. The van der Waals surface area contributed by atoms with Gasteiger partial charge in [0.2, 0.25) is 0 Å². The van der Waals surface area contributed by atoms with Crippen LogP contribution >= 0.6 is 0 Å². The summed E-state index contributed by atoms with van der Waals surface area (Å²) in [4.78, 5) is 18.8. The Bertz CT molecular complexity index is 526. The molecule has 1 fully saturated rings. The Balaban J connectivity index is 1.87. The number of benzene rings is 1. The van der Waals surface area contributed by atoms with Crippen molar-refractivity contribution in [2.75, 3.05) is 51.7 Å². The van der Waals surface area contributed by atoms with E-state index in [1.54, 1.807) is 6.08 Å². The van der Waals surface area contributed by atoms with Crippen LogP contribution < -0.4 is 4.90 Å². The van der Waals surface area contributed by atoms with Gasteiger partial charge in [0.05, 0.1) is 0 Å². The molecule has 2 rings (SSSR count). The SMILES string of the molecule is C=CCN1CCN(C=CC(=O)c2ccc(N(C)C)cc2)CC1. The van der Waals surface area contributed by atoms with Gasteiger partial charge in [-0.3, -0.25) is 9.69 Å². The second-order valence-corrected chi connectivity index (χ2v) is 5.75. The van der Waals surface area contributed by atoms with Crippen molar-refractivity contribution < 1.29 is 4.79 Å². The first-order valence-corrected chi connectivity index (χ1v) is 7.67. The summed E-state index contributed by atoms with van der Waals surface area (Å²) < 4.78 is 0. The van der Waals surface area contributed by atoms with Crippen molar-refractivity contribution in [1.82, 2.24) is 9.80 Å². The van der Waals surface area contributed by atoms with Crippen LogP contribution in [0.2, 0.25) is 0 Å². The Morgan fingerprint density at radius 3 is 2.36 bits per heavy atom. The molecule has 1 aliphatic heterocycles. The molecular formula is C18H25N3O. The molecule has 0 unspecified atom stereocenters. The lowest BCUT2D eigenvalue weighted by Crippen LogP contribution is -2.43. The average Bonchev–Trinajstić information content (AvgIpc) is 2.54. The zero-order valence-electron chi connectivity index (χ0n) is 13.5. The van der Waals surface area contributed by atoms with Crippen molar-refractivity contribution in [3.05, 3.63) is 54.8 Å². The molecule has 0 N–H and O–H groups in total. The van der Waals surface area contributed by atoms with Crippen molar-refractivity contribution in [2.24, 2.45) is 0 Å². The third-order valence-electron chi connectivity index (χ3n) is 3.90. The van der Waals surface area contributed by atoms with Crippen molar-refractivity contribution in [1.29, 1.82) is 0 Å². The highest BCUT2D eigenvalue weighted by atomic mass is 16.1. The lowest BCUT2D eigenvalue weighted by molar-refractivity contribution is 0.104. The molecule has 0 bridgehead atoms. The Morgan fingerprint density at radius 1 is 1.18 bits per heavy atom. The fourth-order valence-corrected chi connectivity index (χ4v) is 2.47. The van der Waals surface area contributed by atoms with Crippen molar-refractivity contribution in [2.45, 2.75) is 0 Å². The fraction of sp³-hybridized carbons (Fsp3) is 0.389. The molecule has 1 saturated heterocycles. The van der Waals surface area contributed by atoms with Crippen LogP contribution in [0.4, 0.5) is 5.69 Å². The van der Waals surface area contributed by atoms with Crippen molar-refractivity contribution in [3.8, 4) is 0 Å². The Kier molecular flexibility index (Phi) is 5.78. The largest absolute Gasteiger partial charge is 0.378 e. The summed E-state index contributed by atoms with van der Waals surface area (Å²) in [6.45, 7) is 8.65. The lowest BCUT2D eigenvalue weighted by atomic mass is 10.1. The third kappa shape index (κ3) is 4.46. The highest BCUT2D eigenvalue weighted by Gasteiger charge is 2.13. The van der Waals surface area contributed by atoms with Crippen LogP contribution in [0.1, 0.15) is 10.4 Å². The first-order valence-electron chi connectivity index (χ1n) is 7.67. The molecule has 0 saturated carbocycles. The van der Waals surface area contributed by atoms with Crippen LogP contribution in [-0.2, 0) is 0 Å². The molecule has 1 aliphatic rings. The van der Waals surface area contributed by atoms with Gasteiger partial charge in [-0.05, 0) is 24.3 Å². The highest BCUT2D eigenvalue weighted by molar-refractivity contribution is 6.04. The first-order chi connectivity index (χ1) is 10.6. The van der Waals surface area contributed by atoms with E-state index in [4.69, 9.17) is 0 Å². The summed E-state index contributed by atoms with van der Waals surface area (Å²) in [6, 6.07) is 7.69. The number of ketones is 1. The molecule has 0 atom stereocenters. The van der Waals surface area contributed by atoms with Gasteiger partial charge in [-0.15, -0.1) is 6.58 Å². The smallest absolute Gasteiger partial charge is 0.187 e. The van der Waals surface area contributed by atoms with Gasteiger partial charge in [-0.2, -0.15) is 0 Å². The molecule has 0 aromatic heterocycles. The lowest BCUT2D eigenvalue weighted by Gasteiger charge is -2.33. The normalized spacial score (nSPS) is 16.0. The summed E-state index contributed by atoms with van der Waals surface area (Å²) in [5, 5.41) is 0. The third-order valence-corrected chi connectivity index (χ3v) is 3.90. The summed E-state index contributed by atoms with van der Waals surface area (Å²) >= 11 is 0. The molecule has 0 aliphatic carbocycles. The maximum Gasteiger partial charge on any atom is 0.187 e. The topological polar surface area (TPSA) is 26.8 Å². The fourth-order valence-electron chi connectivity index (χ4n) is 2.47. The van der Waals surface area contributed by atoms with Crippen LogP contribution in [-0.4, -0.2) is 62.4 Å². The molecule has 0 amide bonds. The maximum atomic E-state index is 12.2. The first kappa shape index (κ1) is 16.3. The van der Waals surface area contributed by atoms with Crippen molar-refractivity contribution >= 4 is 11.5 Å². The number of anilines is 1. The van der Waals surface area contributed by atoms with E-state index >= 15 is 0 Å². The molecule has 4 heteroatoms. The van der Waals surface area contributed by atoms with Crippen LogP contribution in [0.3, 0.4) is 0 Å². The minimum Gasteiger partial charge on any atom is -0.378 e. The predicted octanol–water partition coefficient (Wildman–Crippen LogP) is 2.25. The zero-order valence-corrected chi connectivity index (χ0v) is 13.5. The molecule has 1 aromatic rings. The second-order valence-electron chi connectivity index (χ2n) is 5.75. The summed E-state index contributed by atoms with van der Waals surface area (Å²) in [5.74, 6) is 0.0545. The summed E-state index contributed by atoms with van der Waals surface area (Å²) in [6.07, 6.45) is 5.54. The molecule has 0 radical (unpaired) electrons. The van der Waals surface area contributed by atoms with E-state index in [0.717, 1.165) is 44.0 Å². The molecule has 1 heterocycles. The van der Waals surface area contributed by atoms with E-state index in [1.807, 2.05) is 55.5 Å². The van der Waals surface area contributed by atoms with E-state index in [9.17, 15) is 4.79 Å². The van der Waals surface area contributed by atoms with E-state index in [-0.39, 0.29) is 5.78 Å². The van der Waals surface area contributed by atoms with Gasteiger partial charge in [0, 0.05) is 70.3 Å². The van der Waals surface area contributed by atoms with Crippen LogP contribution in [0.15, 0.2) is 49.2 Å². The number of nitrogens with zero attached hydrogens (tertiary/aromatic N) is 3. The number of carbonyl (C=O) groups excluding carboxylic acids is 1. The van der Waals surface area contributed by atoms with E-state index in [0.29, 0.717) is 0 Å². The Hall–Kier alpha value is -2.07. The summed E-state index contributed by atoms with van der Waals surface area (Å²) in [5.41, 5.74) is 1.83. The van der Waals surface area contributed by atoms with E-state index < -0.39 is 0 Å². The van der Waals surface area contributed by atoms with Gasteiger partial charge in [-0.25, -0.2) is 0 Å². The zero-order chi connectivity index (χ0) is 15.9. The Labute approximate surface area is 133 Å². The number of allylic oxidation sites excluding steroid dienone is 1. The minimum absolute atomic E-state index is 0.0545. The highest BCUT2D eigenvalue weighted by Crippen LogP contribution is 2.13. The maximum absolute atomic E-state index is 12.2. The van der Waals surface area contributed by atoms with Gasteiger partial charge in [0.25, 0.3) is 0 Å². The van der Waals surface area contributed by atoms with Crippen LogP contribution in [0.25, 0.3) is 0 Å². The minimum atomic E-state index is 0.0545. The number of rotatable bonds is 6. The molecule has 22 heavy (non-hydrogen) atoms.